The predicted molar refractivity (Wildman–Crippen MR) is 72.2 cm³/mol. The van der Waals surface area contributed by atoms with Crippen LogP contribution in [0.15, 0.2) is 22.7 Å². The highest BCUT2D eigenvalue weighted by molar-refractivity contribution is 9.10. The van der Waals surface area contributed by atoms with Crippen LogP contribution in [0.2, 0.25) is 0 Å². The van der Waals surface area contributed by atoms with E-state index in [-0.39, 0.29) is 0 Å². The lowest BCUT2D eigenvalue weighted by Crippen LogP contribution is -2.35. The van der Waals surface area contributed by atoms with Crippen LogP contribution in [0.25, 0.3) is 0 Å². The van der Waals surface area contributed by atoms with Gasteiger partial charge in [0.15, 0.2) is 0 Å². The average molecular weight is 298 g/mol. The summed E-state index contributed by atoms with van der Waals surface area (Å²) in [5.74, 6) is -0.408. The summed E-state index contributed by atoms with van der Waals surface area (Å²) in [5.41, 5.74) is 6.75. The van der Waals surface area contributed by atoms with E-state index < -0.39 is 5.91 Å². The SMILES string of the molecule is NC(=O)c1c(Br)cccc1NC1CCNCC1. The second-order valence-electron chi connectivity index (χ2n) is 4.20. The van der Waals surface area contributed by atoms with Gasteiger partial charge in [0, 0.05) is 16.2 Å². The highest BCUT2D eigenvalue weighted by atomic mass is 79.9. The molecule has 0 aliphatic carbocycles. The summed E-state index contributed by atoms with van der Waals surface area (Å²) in [6, 6.07) is 6.03. The van der Waals surface area contributed by atoms with Crippen LogP contribution in [0, 0.1) is 0 Å². The van der Waals surface area contributed by atoms with Gasteiger partial charge in [0.25, 0.3) is 5.91 Å². The van der Waals surface area contributed by atoms with Crippen molar-refractivity contribution in [2.75, 3.05) is 18.4 Å². The van der Waals surface area contributed by atoms with Gasteiger partial charge in [-0.25, -0.2) is 0 Å². The molecular weight excluding hydrogens is 282 g/mol. The zero-order valence-corrected chi connectivity index (χ0v) is 11.1. The van der Waals surface area contributed by atoms with Crippen molar-refractivity contribution < 1.29 is 4.79 Å². The summed E-state index contributed by atoms with van der Waals surface area (Å²) < 4.78 is 0.740. The van der Waals surface area contributed by atoms with Crippen molar-refractivity contribution in [2.24, 2.45) is 5.73 Å². The van der Waals surface area contributed by atoms with E-state index in [1.54, 1.807) is 0 Å². The molecule has 1 amide bonds. The molecule has 0 aromatic heterocycles. The van der Waals surface area contributed by atoms with Crippen molar-refractivity contribution in [3.05, 3.63) is 28.2 Å². The number of benzene rings is 1. The van der Waals surface area contributed by atoms with Gasteiger partial charge in [-0.1, -0.05) is 6.07 Å². The zero-order valence-electron chi connectivity index (χ0n) is 9.50. The van der Waals surface area contributed by atoms with Crippen molar-refractivity contribution in [2.45, 2.75) is 18.9 Å². The van der Waals surface area contributed by atoms with Gasteiger partial charge in [0.1, 0.15) is 0 Å². The molecule has 1 aromatic rings. The molecule has 0 saturated carbocycles. The zero-order chi connectivity index (χ0) is 12.3. The van der Waals surface area contributed by atoms with Crippen LogP contribution in [0.4, 0.5) is 5.69 Å². The van der Waals surface area contributed by atoms with Crippen molar-refractivity contribution >= 4 is 27.5 Å². The quantitative estimate of drug-likeness (QED) is 0.796. The molecule has 1 aromatic carbocycles. The lowest BCUT2D eigenvalue weighted by atomic mass is 10.1. The first kappa shape index (κ1) is 12.4. The van der Waals surface area contributed by atoms with Crippen molar-refractivity contribution in [1.29, 1.82) is 0 Å². The number of primary amides is 1. The van der Waals surface area contributed by atoms with E-state index in [4.69, 9.17) is 5.73 Å². The normalized spacial score (nSPS) is 16.8. The fourth-order valence-electron chi connectivity index (χ4n) is 2.08. The molecule has 0 radical (unpaired) electrons. The number of anilines is 1. The average Bonchev–Trinajstić information content (AvgIpc) is 2.30. The maximum absolute atomic E-state index is 11.4. The van der Waals surface area contributed by atoms with Crippen LogP contribution in [-0.2, 0) is 0 Å². The van der Waals surface area contributed by atoms with Crippen LogP contribution in [0.3, 0.4) is 0 Å². The van der Waals surface area contributed by atoms with Gasteiger partial charge in [0.2, 0.25) is 0 Å². The van der Waals surface area contributed by atoms with Crippen LogP contribution in [-0.4, -0.2) is 25.0 Å². The Labute approximate surface area is 109 Å². The van der Waals surface area contributed by atoms with Gasteiger partial charge in [-0.3, -0.25) is 4.79 Å². The third-order valence-electron chi connectivity index (χ3n) is 2.96. The highest BCUT2D eigenvalue weighted by Crippen LogP contribution is 2.25. The minimum absolute atomic E-state index is 0.406. The summed E-state index contributed by atoms with van der Waals surface area (Å²) >= 11 is 3.36. The van der Waals surface area contributed by atoms with Crippen molar-refractivity contribution in [3.63, 3.8) is 0 Å². The Morgan fingerprint density at radius 3 is 2.76 bits per heavy atom. The summed E-state index contributed by atoms with van der Waals surface area (Å²) in [6.07, 6.45) is 2.12. The lowest BCUT2D eigenvalue weighted by Gasteiger charge is -2.25. The second kappa shape index (κ2) is 5.51. The first-order chi connectivity index (χ1) is 8.18. The van der Waals surface area contributed by atoms with Crippen molar-refractivity contribution in [1.82, 2.24) is 5.32 Å². The third-order valence-corrected chi connectivity index (χ3v) is 3.62. The smallest absolute Gasteiger partial charge is 0.251 e. The molecule has 1 aliphatic rings. The number of amides is 1. The van der Waals surface area contributed by atoms with E-state index >= 15 is 0 Å². The number of carbonyl (C=O) groups excluding carboxylic acids is 1. The molecule has 4 nitrogen and oxygen atoms in total. The molecular formula is C12H16BrN3O. The summed E-state index contributed by atoms with van der Waals surface area (Å²) in [4.78, 5) is 11.4. The largest absolute Gasteiger partial charge is 0.382 e. The van der Waals surface area contributed by atoms with Gasteiger partial charge < -0.3 is 16.4 Å². The van der Waals surface area contributed by atoms with Gasteiger partial charge in [-0.2, -0.15) is 0 Å². The standard InChI is InChI=1S/C12H16BrN3O/c13-9-2-1-3-10(11(9)12(14)17)16-8-4-6-15-7-5-8/h1-3,8,15-16H,4-7H2,(H2,14,17). The Morgan fingerprint density at radius 1 is 1.41 bits per heavy atom. The van der Waals surface area contributed by atoms with Crippen LogP contribution >= 0.6 is 15.9 Å². The lowest BCUT2D eigenvalue weighted by molar-refractivity contribution is 0.100. The molecule has 2 rings (SSSR count). The first-order valence-electron chi connectivity index (χ1n) is 5.74. The van der Waals surface area contributed by atoms with E-state index in [0.29, 0.717) is 11.6 Å². The summed E-state index contributed by atoms with van der Waals surface area (Å²) in [7, 11) is 0. The maximum Gasteiger partial charge on any atom is 0.251 e. The molecule has 5 heteroatoms. The highest BCUT2D eigenvalue weighted by Gasteiger charge is 2.17. The molecule has 92 valence electrons. The number of nitrogens with one attached hydrogen (secondary N) is 2. The minimum Gasteiger partial charge on any atom is -0.382 e. The summed E-state index contributed by atoms with van der Waals surface area (Å²) in [5, 5.41) is 6.71. The number of hydrogen-bond acceptors (Lipinski definition) is 3. The third kappa shape index (κ3) is 2.98. The first-order valence-corrected chi connectivity index (χ1v) is 6.53. The van der Waals surface area contributed by atoms with Gasteiger partial charge in [-0.05, 0) is 54.0 Å². The molecule has 17 heavy (non-hydrogen) atoms. The summed E-state index contributed by atoms with van der Waals surface area (Å²) in [6.45, 7) is 2.02. The van der Waals surface area contributed by atoms with Crippen molar-refractivity contribution in [3.8, 4) is 0 Å². The molecule has 1 heterocycles. The number of piperidine rings is 1. The Balaban J connectivity index is 2.19. The Kier molecular flexibility index (Phi) is 4.02. The molecule has 1 saturated heterocycles. The maximum atomic E-state index is 11.4. The van der Waals surface area contributed by atoms with E-state index in [1.165, 1.54) is 0 Å². The Morgan fingerprint density at radius 2 is 2.12 bits per heavy atom. The molecule has 0 unspecified atom stereocenters. The molecule has 1 fully saturated rings. The monoisotopic (exact) mass is 297 g/mol. The van der Waals surface area contributed by atoms with Crippen LogP contribution in [0.1, 0.15) is 23.2 Å². The van der Waals surface area contributed by atoms with Crippen LogP contribution in [0.5, 0.6) is 0 Å². The molecule has 1 aliphatic heterocycles. The van der Waals surface area contributed by atoms with E-state index in [1.807, 2.05) is 18.2 Å². The van der Waals surface area contributed by atoms with Gasteiger partial charge in [-0.15, -0.1) is 0 Å². The number of nitrogens with two attached hydrogens (primary N) is 1. The number of carbonyl (C=O) groups is 1. The molecule has 4 N–H and O–H groups in total. The number of halogens is 1. The van der Waals surface area contributed by atoms with Gasteiger partial charge >= 0.3 is 0 Å². The fourth-order valence-corrected chi connectivity index (χ4v) is 2.64. The van der Waals surface area contributed by atoms with Crippen LogP contribution < -0.4 is 16.4 Å². The van der Waals surface area contributed by atoms with E-state index in [9.17, 15) is 4.79 Å². The Bertz CT molecular complexity index is 416. The fraction of sp³-hybridized carbons (Fsp3) is 0.417. The molecule has 0 atom stereocenters. The van der Waals surface area contributed by atoms with Gasteiger partial charge in [0.05, 0.1) is 5.56 Å². The predicted octanol–water partition coefficient (Wildman–Crippen LogP) is 1.71. The second-order valence-corrected chi connectivity index (χ2v) is 5.05. The topological polar surface area (TPSA) is 67.2 Å². The minimum atomic E-state index is -0.408. The Hall–Kier alpha value is -1.07. The molecule has 0 spiro atoms. The number of rotatable bonds is 3. The molecule has 0 bridgehead atoms. The van der Waals surface area contributed by atoms with E-state index in [2.05, 4.69) is 26.6 Å². The van der Waals surface area contributed by atoms with E-state index in [0.717, 1.165) is 36.1 Å². The number of hydrogen-bond donors (Lipinski definition) is 3.